The molecule has 1 aromatic carbocycles. The summed E-state index contributed by atoms with van der Waals surface area (Å²) in [6.07, 6.45) is 5.89. The molecule has 0 saturated carbocycles. The first-order valence-corrected chi connectivity index (χ1v) is 8.39. The Morgan fingerprint density at radius 2 is 2.18 bits per heavy atom. The molecule has 1 fully saturated rings. The molecule has 1 N–H and O–H groups in total. The number of hydrogen-bond acceptors (Lipinski definition) is 3. The second kappa shape index (κ2) is 7.89. The monoisotopic (exact) mass is 297 g/mol. The van der Waals surface area contributed by atoms with Crippen molar-refractivity contribution in [3.8, 4) is 6.07 Å². The van der Waals surface area contributed by atoms with Crippen LogP contribution in [0.3, 0.4) is 0 Å². The maximum atomic E-state index is 9.32. The summed E-state index contributed by atoms with van der Waals surface area (Å²) in [5, 5.41) is 12.7. The number of rotatable bonds is 6. The molecule has 22 heavy (non-hydrogen) atoms. The van der Waals surface area contributed by atoms with Crippen molar-refractivity contribution in [1.29, 1.82) is 5.26 Å². The van der Waals surface area contributed by atoms with Crippen LogP contribution in [-0.4, -0.2) is 13.1 Å². The highest BCUT2D eigenvalue weighted by Crippen LogP contribution is 2.25. The molecule has 1 unspecified atom stereocenters. The highest BCUT2D eigenvalue weighted by molar-refractivity contribution is 5.57. The molecule has 1 aliphatic heterocycles. The topological polar surface area (TPSA) is 39.1 Å². The first kappa shape index (κ1) is 16.4. The zero-order valence-corrected chi connectivity index (χ0v) is 13.9. The fourth-order valence-electron chi connectivity index (χ4n) is 2.94. The second-order valence-electron chi connectivity index (χ2n) is 6.31. The van der Waals surface area contributed by atoms with Crippen LogP contribution >= 0.6 is 0 Å². The maximum Gasteiger partial charge on any atom is 0.0994 e. The molecule has 0 aliphatic carbocycles. The molecule has 2 rings (SSSR count). The number of nitriles is 1. The van der Waals surface area contributed by atoms with Crippen molar-refractivity contribution >= 4 is 5.69 Å². The van der Waals surface area contributed by atoms with Crippen LogP contribution in [0.25, 0.3) is 0 Å². The molecule has 1 aliphatic rings. The van der Waals surface area contributed by atoms with E-state index >= 15 is 0 Å². The summed E-state index contributed by atoms with van der Waals surface area (Å²) in [6, 6.07) is 8.50. The summed E-state index contributed by atoms with van der Waals surface area (Å²) in [7, 11) is 0. The van der Waals surface area contributed by atoms with Gasteiger partial charge in [0.1, 0.15) is 0 Å². The van der Waals surface area contributed by atoms with Gasteiger partial charge in [0.15, 0.2) is 0 Å². The Balaban J connectivity index is 2.15. The molecule has 1 aromatic rings. The quantitative estimate of drug-likeness (QED) is 0.800. The average Bonchev–Trinajstić information content (AvgIpc) is 2.53. The van der Waals surface area contributed by atoms with Gasteiger partial charge in [0, 0.05) is 18.8 Å². The molecule has 0 bridgehead atoms. The minimum Gasteiger partial charge on any atom is -0.372 e. The SMILES string of the molecule is C=C1NCC(C)CN1c1ccc(C#N)c(CCCCCC)c1. The number of hydrogen-bond donors (Lipinski definition) is 1. The third-order valence-corrected chi connectivity index (χ3v) is 4.30. The fraction of sp³-hybridized carbons (Fsp3) is 0.526. The van der Waals surface area contributed by atoms with Crippen molar-refractivity contribution in [1.82, 2.24) is 5.32 Å². The van der Waals surface area contributed by atoms with Crippen LogP contribution < -0.4 is 10.2 Å². The molecule has 1 atom stereocenters. The van der Waals surface area contributed by atoms with Crippen LogP contribution in [0.1, 0.15) is 50.7 Å². The molecular weight excluding hydrogens is 270 g/mol. The molecule has 0 amide bonds. The van der Waals surface area contributed by atoms with Gasteiger partial charge in [-0.15, -0.1) is 0 Å². The molecule has 3 heteroatoms. The van der Waals surface area contributed by atoms with E-state index in [1.54, 1.807) is 0 Å². The van der Waals surface area contributed by atoms with Gasteiger partial charge in [-0.1, -0.05) is 39.7 Å². The van der Waals surface area contributed by atoms with Crippen LogP contribution in [0.2, 0.25) is 0 Å². The Kier molecular flexibility index (Phi) is 5.89. The lowest BCUT2D eigenvalue weighted by atomic mass is 9.99. The zero-order chi connectivity index (χ0) is 15.9. The van der Waals surface area contributed by atoms with Gasteiger partial charge in [0.25, 0.3) is 0 Å². The van der Waals surface area contributed by atoms with E-state index in [2.05, 4.69) is 42.8 Å². The van der Waals surface area contributed by atoms with Crippen molar-refractivity contribution in [3.63, 3.8) is 0 Å². The highest BCUT2D eigenvalue weighted by Gasteiger charge is 2.20. The van der Waals surface area contributed by atoms with Crippen molar-refractivity contribution in [2.75, 3.05) is 18.0 Å². The van der Waals surface area contributed by atoms with E-state index in [-0.39, 0.29) is 0 Å². The smallest absolute Gasteiger partial charge is 0.0994 e. The van der Waals surface area contributed by atoms with Crippen molar-refractivity contribution < 1.29 is 0 Å². The van der Waals surface area contributed by atoms with Crippen LogP contribution in [-0.2, 0) is 6.42 Å². The van der Waals surface area contributed by atoms with Crippen molar-refractivity contribution in [3.05, 3.63) is 41.7 Å². The number of anilines is 1. The van der Waals surface area contributed by atoms with Gasteiger partial charge in [0.05, 0.1) is 17.5 Å². The summed E-state index contributed by atoms with van der Waals surface area (Å²) in [6.45, 7) is 10.5. The molecular formula is C19H27N3. The van der Waals surface area contributed by atoms with E-state index in [1.165, 1.54) is 24.8 Å². The Hall–Kier alpha value is -1.95. The lowest BCUT2D eigenvalue weighted by Crippen LogP contribution is -2.43. The largest absolute Gasteiger partial charge is 0.372 e. The average molecular weight is 297 g/mol. The van der Waals surface area contributed by atoms with Crippen LogP contribution in [0.5, 0.6) is 0 Å². The third-order valence-electron chi connectivity index (χ3n) is 4.30. The predicted octanol–water partition coefficient (Wildman–Crippen LogP) is 4.20. The molecule has 3 nitrogen and oxygen atoms in total. The summed E-state index contributed by atoms with van der Waals surface area (Å²) in [4.78, 5) is 2.23. The molecule has 118 valence electrons. The molecule has 0 aromatic heterocycles. The minimum atomic E-state index is 0.592. The zero-order valence-electron chi connectivity index (χ0n) is 13.9. The minimum absolute atomic E-state index is 0.592. The molecule has 0 spiro atoms. The number of benzene rings is 1. The highest BCUT2D eigenvalue weighted by atomic mass is 15.3. The first-order chi connectivity index (χ1) is 10.7. The molecule has 0 radical (unpaired) electrons. The summed E-state index contributed by atoms with van der Waals surface area (Å²) in [5.41, 5.74) is 3.12. The Bertz CT molecular complexity index is 556. The lowest BCUT2D eigenvalue weighted by Gasteiger charge is -2.35. The normalized spacial score (nSPS) is 18.0. The van der Waals surface area contributed by atoms with Crippen molar-refractivity contribution in [2.24, 2.45) is 5.92 Å². The number of nitrogens with zero attached hydrogens (tertiary/aromatic N) is 2. The van der Waals surface area contributed by atoms with E-state index < -0.39 is 0 Å². The van der Waals surface area contributed by atoms with E-state index in [0.29, 0.717) is 5.92 Å². The lowest BCUT2D eigenvalue weighted by molar-refractivity contribution is 0.488. The molecule has 1 heterocycles. The number of unbranched alkanes of at least 4 members (excludes halogenated alkanes) is 3. The predicted molar refractivity (Wildman–Crippen MR) is 92.7 cm³/mol. The maximum absolute atomic E-state index is 9.32. The van der Waals surface area contributed by atoms with E-state index in [0.717, 1.165) is 43.0 Å². The Morgan fingerprint density at radius 3 is 2.91 bits per heavy atom. The third kappa shape index (κ3) is 4.04. The fourth-order valence-corrected chi connectivity index (χ4v) is 2.94. The van der Waals surface area contributed by atoms with Gasteiger partial charge < -0.3 is 10.2 Å². The van der Waals surface area contributed by atoms with E-state index in [4.69, 9.17) is 0 Å². The van der Waals surface area contributed by atoms with Gasteiger partial charge in [0.2, 0.25) is 0 Å². The first-order valence-electron chi connectivity index (χ1n) is 8.39. The standard InChI is InChI=1S/C19H27N3/c1-4-5-6-7-8-17-11-19(10-9-18(17)12-20)22-14-15(2)13-21-16(22)3/h9-11,15,21H,3-8,13-14H2,1-2H3. The summed E-state index contributed by atoms with van der Waals surface area (Å²) in [5.74, 6) is 1.55. The Morgan fingerprint density at radius 1 is 1.36 bits per heavy atom. The number of nitrogens with one attached hydrogen (secondary N) is 1. The van der Waals surface area contributed by atoms with E-state index in [1.807, 2.05) is 12.1 Å². The van der Waals surface area contributed by atoms with Gasteiger partial charge >= 0.3 is 0 Å². The van der Waals surface area contributed by atoms with E-state index in [9.17, 15) is 5.26 Å². The van der Waals surface area contributed by atoms with Gasteiger partial charge in [-0.2, -0.15) is 5.26 Å². The van der Waals surface area contributed by atoms with Gasteiger partial charge in [-0.25, -0.2) is 0 Å². The van der Waals surface area contributed by atoms with Gasteiger partial charge in [-0.05, 0) is 42.5 Å². The van der Waals surface area contributed by atoms with Crippen LogP contribution in [0.4, 0.5) is 5.69 Å². The summed E-state index contributed by atoms with van der Waals surface area (Å²) >= 11 is 0. The summed E-state index contributed by atoms with van der Waals surface area (Å²) < 4.78 is 0. The van der Waals surface area contributed by atoms with Gasteiger partial charge in [-0.3, -0.25) is 0 Å². The molecule has 1 saturated heterocycles. The van der Waals surface area contributed by atoms with Crippen LogP contribution in [0.15, 0.2) is 30.6 Å². The number of aryl methyl sites for hydroxylation is 1. The van der Waals surface area contributed by atoms with Crippen LogP contribution in [0, 0.1) is 17.2 Å². The van der Waals surface area contributed by atoms with Crippen molar-refractivity contribution in [2.45, 2.75) is 46.0 Å². The second-order valence-corrected chi connectivity index (χ2v) is 6.31. The Labute approximate surface area is 134 Å².